The number of hydrogen-bond acceptors (Lipinski definition) is 5. The summed E-state index contributed by atoms with van der Waals surface area (Å²) in [5, 5.41) is 10.3. The zero-order valence-electron chi connectivity index (χ0n) is 14.1. The average molecular weight is 340 g/mol. The number of ether oxygens (including phenoxy) is 2. The van der Waals surface area contributed by atoms with E-state index in [1.165, 1.54) is 10.4 Å². The fourth-order valence-electron chi connectivity index (χ4n) is 3.01. The first-order valence-electron chi connectivity index (χ1n) is 7.97. The number of methoxy groups -OCH3 is 2. The van der Waals surface area contributed by atoms with Gasteiger partial charge in [-0.15, -0.1) is 11.3 Å². The standard InChI is InChI=1S/C19H20N2O2S/c1-12-4-6-15-16(10-20)19(24-18(15)8-12)21-11-13-9-14(22-2)5-7-17(13)23-3/h5,7,9,11-12H,4,6,8H2,1-3H3/t12-/m1/s1. The molecule has 1 heterocycles. The smallest absolute Gasteiger partial charge is 0.134 e. The van der Waals surface area contributed by atoms with Crippen LogP contribution in [0.25, 0.3) is 0 Å². The Morgan fingerprint density at radius 1 is 1.33 bits per heavy atom. The second kappa shape index (κ2) is 7.06. The van der Waals surface area contributed by atoms with E-state index in [-0.39, 0.29) is 0 Å². The number of thiophene rings is 1. The monoisotopic (exact) mass is 340 g/mol. The molecule has 1 aliphatic carbocycles. The van der Waals surface area contributed by atoms with Crippen molar-refractivity contribution in [2.75, 3.05) is 14.2 Å². The lowest BCUT2D eigenvalue weighted by Crippen LogP contribution is -2.09. The van der Waals surface area contributed by atoms with E-state index in [0.29, 0.717) is 5.92 Å². The first-order chi connectivity index (χ1) is 11.7. The number of benzene rings is 1. The summed E-state index contributed by atoms with van der Waals surface area (Å²) in [5.41, 5.74) is 2.77. The van der Waals surface area contributed by atoms with Gasteiger partial charge in [0, 0.05) is 16.7 Å². The molecule has 1 aliphatic rings. The van der Waals surface area contributed by atoms with Crippen molar-refractivity contribution in [3.63, 3.8) is 0 Å². The molecule has 4 nitrogen and oxygen atoms in total. The summed E-state index contributed by atoms with van der Waals surface area (Å²) >= 11 is 1.64. The van der Waals surface area contributed by atoms with Crippen LogP contribution >= 0.6 is 11.3 Å². The Balaban J connectivity index is 1.97. The van der Waals surface area contributed by atoms with Crippen molar-refractivity contribution in [3.8, 4) is 17.6 Å². The van der Waals surface area contributed by atoms with Crippen LogP contribution < -0.4 is 9.47 Å². The molecule has 0 spiro atoms. The highest BCUT2D eigenvalue weighted by molar-refractivity contribution is 7.16. The number of fused-ring (bicyclic) bond motifs is 1. The van der Waals surface area contributed by atoms with Gasteiger partial charge in [-0.2, -0.15) is 5.26 Å². The molecule has 1 aromatic carbocycles. The van der Waals surface area contributed by atoms with Gasteiger partial charge in [-0.05, 0) is 48.9 Å². The van der Waals surface area contributed by atoms with Crippen LogP contribution in [-0.2, 0) is 12.8 Å². The van der Waals surface area contributed by atoms with E-state index in [2.05, 4.69) is 18.0 Å². The first-order valence-corrected chi connectivity index (χ1v) is 8.78. The lowest BCUT2D eigenvalue weighted by molar-refractivity contribution is 0.402. The molecule has 0 saturated heterocycles. The topological polar surface area (TPSA) is 54.6 Å². The van der Waals surface area contributed by atoms with E-state index >= 15 is 0 Å². The maximum absolute atomic E-state index is 9.55. The fraction of sp³-hybridized carbons (Fsp3) is 0.368. The molecule has 0 amide bonds. The molecule has 1 atom stereocenters. The van der Waals surface area contributed by atoms with Crippen molar-refractivity contribution in [1.29, 1.82) is 5.26 Å². The van der Waals surface area contributed by atoms with Gasteiger partial charge in [0.15, 0.2) is 0 Å². The van der Waals surface area contributed by atoms with Crippen molar-refractivity contribution in [3.05, 3.63) is 39.8 Å². The maximum Gasteiger partial charge on any atom is 0.134 e. The number of aliphatic imine (C=N–C) groups is 1. The van der Waals surface area contributed by atoms with Gasteiger partial charge in [-0.1, -0.05) is 6.92 Å². The Labute approximate surface area is 146 Å². The summed E-state index contributed by atoms with van der Waals surface area (Å²) in [7, 11) is 3.26. The predicted octanol–water partition coefficient (Wildman–Crippen LogP) is 4.51. The van der Waals surface area contributed by atoms with Gasteiger partial charge >= 0.3 is 0 Å². The Bertz CT molecular complexity index is 818. The Morgan fingerprint density at radius 3 is 2.88 bits per heavy atom. The third-order valence-corrected chi connectivity index (χ3v) is 5.53. The summed E-state index contributed by atoms with van der Waals surface area (Å²) in [5.74, 6) is 2.16. The molecule has 5 heteroatoms. The Morgan fingerprint density at radius 2 is 2.17 bits per heavy atom. The summed E-state index contributed by atoms with van der Waals surface area (Å²) < 4.78 is 10.6. The zero-order chi connectivity index (χ0) is 17.1. The lowest BCUT2D eigenvalue weighted by atomic mass is 9.89. The maximum atomic E-state index is 9.55. The van der Waals surface area contributed by atoms with Crippen molar-refractivity contribution < 1.29 is 9.47 Å². The lowest BCUT2D eigenvalue weighted by Gasteiger charge is -2.17. The van der Waals surface area contributed by atoms with Gasteiger partial charge in [0.2, 0.25) is 0 Å². The van der Waals surface area contributed by atoms with E-state index in [4.69, 9.17) is 9.47 Å². The quantitative estimate of drug-likeness (QED) is 0.769. The molecular weight excluding hydrogens is 320 g/mol. The fourth-order valence-corrected chi connectivity index (χ4v) is 4.32. The van der Waals surface area contributed by atoms with Crippen LogP contribution in [0, 0.1) is 17.2 Å². The van der Waals surface area contributed by atoms with Gasteiger partial charge in [0.25, 0.3) is 0 Å². The van der Waals surface area contributed by atoms with E-state index in [9.17, 15) is 5.26 Å². The predicted molar refractivity (Wildman–Crippen MR) is 97.0 cm³/mol. The number of nitriles is 1. The zero-order valence-corrected chi connectivity index (χ0v) is 14.9. The summed E-state index contributed by atoms with van der Waals surface area (Å²) in [6.45, 7) is 2.26. The number of nitrogens with zero attached hydrogens (tertiary/aromatic N) is 2. The van der Waals surface area contributed by atoms with Crippen molar-refractivity contribution >= 4 is 22.6 Å². The van der Waals surface area contributed by atoms with Gasteiger partial charge in [-0.25, -0.2) is 4.99 Å². The number of hydrogen-bond donors (Lipinski definition) is 0. The van der Waals surface area contributed by atoms with Crippen LogP contribution in [0.15, 0.2) is 23.2 Å². The molecule has 0 radical (unpaired) electrons. The van der Waals surface area contributed by atoms with Gasteiger partial charge in [-0.3, -0.25) is 0 Å². The van der Waals surface area contributed by atoms with Crippen molar-refractivity contribution in [2.45, 2.75) is 26.2 Å². The SMILES string of the molecule is COc1ccc(OC)c(C=Nc2sc3c(c2C#N)CC[C@@H](C)C3)c1. The van der Waals surface area contributed by atoms with E-state index in [1.807, 2.05) is 18.2 Å². The van der Waals surface area contributed by atoms with E-state index in [1.54, 1.807) is 31.8 Å². The second-order valence-corrected chi connectivity index (χ2v) is 7.09. The van der Waals surface area contributed by atoms with Crippen LogP contribution in [0.5, 0.6) is 11.5 Å². The second-order valence-electron chi connectivity index (χ2n) is 6.01. The Kier molecular flexibility index (Phi) is 4.86. The van der Waals surface area contributed by atoms with Crippen LogP contribution in [0.3, 0.4) is 0 Å². The van der Waals surface area contributed by atoms with Crippen LogP contribution in [0.2, 0.25) is 0 Å². The van der Waals surface area contributed by atoms with E-state index < -0.39 is 0 Å². The molecule has 124 valence electrons. The molecule has 3 rings (SSSR count). The molecule has 2 aromatic rings. The highest BCUT2D eigenvalue weighted by Gasteiger charge is 2.23. The molecule has 0 aliphatic heterocycles. The molecule has 24 heavy (non-hydrogen) atoms. The third kappa shape index (κ3) is 3.15. The largest absolute Gasteiger partial charge is 0.497 e. The molecule has 1 aromatic heterocycles. The minimum atomic E-state index is 0.679. The molecular formula is C19H20N2O2S. The molecule has 0 saturated carbocycles. The van der Waals surface area contributed by atoms with Crippen molar-refractivity contribution in [1.82, 2.24) is 0 Å². The highest BCUT2D eigenvalue weighted by Crippen LogP contribution is 2.40. The van der Waals surface area contributed by atoms with Crippen LogP contribution in [-0.4, -0.2) is 20.4 Å². The molecule has 0 unspecified atom stereocenters. The van der Waals surface area contributed by atoms with Gasteiger partial charge < -0.3 is 9.47 Å². The van der Waals surface area contributed by atoms with Crippen LogP contribution in [0.1, 0.15) is 34.9 Å². The minimum Gasteiger partial charge on any atom is -0.497 e. The number of rotatable bonds is 4. The average Bonchev–Trinajstić information content (AvgIpc) is 2.95. The third-order valence-electron chi connectivity index (χ3n) is 4.36. The summed E-state index contributed by atoms with van der Waals surface area (Å²) in [4.78, 5) is 5.91. The molecule has 0 N–H and O–H groups in total. The van der Waals surface area contributed by atoms with Gasteiger partial charge in [0.1, 0.15) is 22.6 Å². The minimum absolute atomic E-state index is 0.679. The Hall–Kier alpha value is -2.32. The van der Waals surface area contributed by atoms with E-state index in [0.717, 1.165) is 46.9 Å². The first kappa shape index (κ1) is 16.5. The normalized spacial score (nSPS) is 16.7. The van der Waals surface area contributed by atoms with Crippen LogP contribution in [0.4, 0.5) is 5.00 Å². The van der Waals surface area contributed by atoms with Gasteiger partial charge in [0.05, 0.1) is 19.8 Å². The van der Waals surface area contributed by atoms with Crippen molar-refractivity contribution in [2.24, 2.45) is 10.9 Å². The summed E-state index contributed by atoms with van der Waals surface area (Å²) in [6.07, 6.45) is 4.93. The summed E-state index contributed by atoms with van der Waals surface area (Å²) in [6, 6.07) is 7.93. The molecule has 0 bridgehead atoms. The molecule has 0 fully saturated rings. The highest BCUT2D eigenvalue weighted by atomic mass is 32.1.